The van der Waals surface area contributed by atoms with Crippen molar-refractivity contribution in [2.75, 3.05) is 33.9 Å². The number of urea groups is 1. The zero-order chi connectivity index (χ0) is 15.8. The number of hydrogen-bond donors (Lipinski definition) is 2. The summed E-state index contributed by atoms with van der Waals surface area (Å²) in [6, 6.07) is 5.47. The lowest BCUT2D eigenvalue weighted by atomic mass is 10.1. The van der Waals surface area contributed by atoms with Crippen LogP contribution < -0.4 is 20.1 Å². The minimum Gasteiger partial charge on any atom is -0.497 e. The average Bonchev–Trinajstić information content (AvgIpc) is 3.06. The number of methoxy groups -OCH3 is 2. The number of hydrogen-bond acceptors (Lipinski definition) is 4. The molecule has 0 radical (unpaired) electrons. The van der Waals surface area contributed by atoms with Gasteiger partial charge < -0.3 is 24.8 Å². The molecule has 1 aromatic carbocycles. The van der Waals surface area contributed by atoms with Gasteiger partial charge in [-0.25, -0.2) is 4.79 Å². The van der Waals surface area contributed by atoms with E-state index < -0.39 is 0 Å². The van der Waals surface area contributed by atoms with E-state index in [1.54, 1.807) is 14.2 Å². The highest BCUT2D eigenvalue weighted by molar-refractivity contribution is 5.73. The van der Waals surface area contributed by atoms with Crippen molar-refractivity contribution in [2.24, 2.45) is 0 Å². The van der Waals surface area contributed by atoms with Crippen LogP contribution in [0.15, 0.2) is 18.2 Å². The Morgan fingerprint density at radius 1 is 1.32 bits per heavy atom. The molecule has 1 aromatic rings. The highest BCUT2D eigenvalue weighted by Crippen LogP contribution is 2.24. The van der Waals surface area contributed by atoms with Crippen molar-refractivity contribution in [3.8, 4) is 11.5 Å². The molecule has 22 heavy (non-hydrogen) atoms. The molecular formula is C16H24N2O4. The molecule has 6 heteroatoms. The van der Waals surface area contributed by atoms with Crippen LogP contribution in [0.5, 0.6) is 11.5 Å². The van der Waals surface area contributed by atoms with E-state index in [4.69, 9.17) is 14.2 Å². The average molecular weight is 308 g/mol. The standard InChI is InChI=1S/C16H24N2O4/c1-20-13-5-6-15(21-2)12(10-13)7-8-17-16(19)18-11-14-4-3-9-22-14/h5-6,10,14H,3-4,7-9,11H2,1-2H3,(H2,17,18,19). The van der Waals surface area contributed by atoms with E-state index >= 15 is 0 Å². The summed E-state index contributed by atoms with van der Waals surface area (Å²) >= 11 is 0. The van der Waals surface area contributed by atoms with Crippen molar-refractivity contribution < 1.29 is 19.0 Å². The van der Waals surface area contributed by atoms with Crippen LogP contribution in [0.2, 0.25) is 0 Å². The van der Waals surface area contributed by atoms with E-state index in [1.165, 1.54) is 0 Å². The van der Waals surface area contributed by atoms with Gasteiger partial charge in [-0.1, -0.05) is 0 Å². The Morgan fingerprint density at radius 2 is 2.18 bits per heavy atom. The zero-order valence-corrected chi connectivity index (χ0v) is 13.2. The van der Waals surface area contributed by atoms with Crippen LogP contribution in [-0.4, -0.2) is 46.1 Å². The number of benzene rings is 1. The van der Waals surface area contributed by atoms with E-state index in [1.807, 2.05) is 18.2 Å². The zero-order valence-electron chi connectivity index (χ0n) is 13.2. The molecule has 2 rings (SSSR count). The Bertz CT molecular complexity index is 487. The first kappa shape index (κ1) is 16.4. The molecule has 0 aliphatic carbocycles. The molecule has 2 N–H and O–H groups in total. The Morgan fingerprint density at radius 3 is 2.86 bits per heavy atom. The summed E-state index contributed by atoms with van der Waals surface area (Å²) in [6.45, 7) is 1.89. The first-order valence-electron chi connectivity index (χ1n) is 7.57. The fourth-order valence-corrected chi connectivity index (χ4v) is 2.46. The number of nitrogens with one attached hydrogen (secondary N) is 2. The SMILES string of the molecule is COc1ccc(OC)c(CCNC(=O)NCC2CCCO2)c1. The van der Waals surface area contributed by atoms with Crippen molar-refractivity contribution in [1.82, 2.24) is 10.6 Å². The Hall–Kier alpha value is -1.95. The second-order valence-electron chi connectivity index (χ2n) is 5.20. The lowest BCUT2D eigenvalue weighted by Gasteiger charge is -2.13. The van der Waals surface area contributed by atoms with Gasteiger partial charge >= 0.3 is 6.03 Å². The summed E-state index contributed by atoms with van der Waals surface area (Å²) in [5.74, 6) is 1.57. The summed E-state index contributed by atoms with van der Waals surface area (Å²) in [5.41, 5.74) is 1.00. The van der Waals surface area contributed by atoms with Gasteiger partial charge in [-0.3, -0.25) is 0 Å². The maximum atomic E-state index is 11.7. The van der Waals surface area contributed by atoms with E-state index in [0.29, 0.717) is 19.5 Å². The second kappa shape index (κ2) is 8.48. The predicted molar refractivity (Wildman–Crippen MR) is 83.6 cm³/mol. The van der Waals surface area contributed by atoms with Gasteiger partial charge in [0.05, 0.1) is 20.3 Å². The van der Waals surface area contributed by atoms with Gasteiger partial charge in [-0.15, -0.1) is 0 Å². The minimum absolute atomic E-state index is 0.157. The van der Waals surface area contributed by atoms with Crippen molar-refractivity contribution in [3.05, 3.63) is 23.8 Å². The summed E-state index contributed by atoms with van der Waals surface area (Å²) in [5, 5.41) is 5.67. The molecular weight excluding hydrogens is 284 g/mol. The van der Waals surface area contributed by atoms with Crippen LogP contribution in [0.1, 0.15) is 18.4 Å². The first-order valence-corrected chi connectivity index (χ1v) is 7.57. The monoisotopic (exact) mass is 308 g/mol. The Labute approximate surface area is 131 Å². The molecule has 1 fully saturated rings. The van der Waals surface area contributed by atoms with Gasteiger partial charge in [0, 0.05) is 19.7 Å². The highest BCUT2D eigenvalue weighted by atomic mass is 16.5. The molecule has 0 saturated carbocycles. The van der Waals surface area contributed by atoms with Crippen LogP contribution in [0.4, 0.5) is 4.79 Å². The molecule has 122 valence electrons. The summed E-state index contributed by atoms with van der Waals surface area (Å²) < 4.78 is 16.0. The molecule has 6 nitrogen and oxygen atoms in total. The molecule has 0 aromatic heterocycles. The summed E-state index contributed by atoms with van der Waals surface area (Å²) in [4.78, 5) is 11.7. The summed E-state index contributed by atoms with van der Waals surface area (Å²) in [7, 11) is 3.26. The van der Waals surface area contributed by atoms with Crippen molar-refractivity contribution in [1.29, 1.82) is 0 Å². The van der Waals surface area contributed by atoms with Crippen molar-refractivity contribution >= 4 is 6.03 Å². The predicted octanol–water partition coefficient (Wildman–Crippen LogP) is 1.72. The van der Waals surface area contributed by atoms with Gasteiger partial charge in [-0.2, -0.15) is 0 Å². The second-order valence-corrected chi connectivity index (χ2v) is 5.20. The van der Waals surface area contributed by atoms with Crippen LogP contribution in [0.3, 0.4) is 0 Å². The third-order valence-corrected chi connectivity index (χ3v) is 3.68. The van der Waals surface area contributed by atoms with Crippen LogP contribution in [-0.2, 0) is 11.2 Å². The van der Waals surface area contributed by atoms with Crippen molar-refractivity contribution in [3.63, 3.8) is 0 Å². The van der Waals surface area contributed by atoms with Gasteiger partial charge in [0.1, 0.15) is 11.5 Å². The van der Waals surface area contributed by atoms with Crippen molar-refractivity contribution in [2.45, 2.75) is 25.4 Å². The topological polar surface area (TPSA) is 68.8 Å². The molecule has 2 amide bonds. The van der Waals surface area contributed by atoms with Gasteiger partial charge in [0.15, 0.2) is 0 Å². The molecule has 1 aliphatic rings. The molecule has 1 aliphatic heterocycles. The lowest BCUT2D eigenvalue weighted by molar-refractivity contribution is 0.111. The largest absolute Gasteiger partial charge is 0.497 e. The number of ether oxygens (including phenoxy) is 3. The number of amides is 2. The lowest BCUT2D eigenvalue weighted by Crippen LogP contribution is -2.40. The minimum atomic E-state index is -0.169. The molecule has 1 atom stereocenters. The third kappa shape index (κ3) is 4.80. The van der Waals surface area contributed by atoms with Crippen LogP contribution >= 0.6 is 0 Å². The highest BCUT2D eigenvalue weighted by Gasteiger charge is 2.15. The quantitative estimate of drug-likeness (QED) is 0.805. The van der Waals surface area contributed by atoms with Crippen LogP contribution in [0, 0.1) is 0 Å². The number of rotatable bonds is 7. The maximum absolute atomic E-state index is 11.7. The van der Waals surface area contributed by atoms with Gasteiger partial charge in [0.25, 0.3) is 0 Å². The fraction of sp³-hybridized carbons (Fsp3) is 0.562. The van der Waals surface area contributed by atoms with E-state index in [-0.39, 0.29) is 12.1 Å². The Balaban J connectivity index is 1.74. The molecule has 1 saturated heterocycles. The summed E-state index contributed by atoms with van der Waals surface area (Å²) in [6.07, 6.45) is 2.92. The smallest absolute Gasteiger partial charge is 0.314 e. The number of carbonyl (C=O) groups excluding carboxylic acids is 1. The Kier molecular flexibility index (Phi) is 6.33. The number of carbonyl (C=O) groups is 1. The third-order valence-electron chi connectivity index (χ3n) is 3.68. The molecule has 0 spiro atoms. The molecule has 0 bridgehead atoms. The fourth-order valence-electron chi connectivity index (χ4n) is 2.46. The van der Waals surface area contributed by atoms with Crippen LogP contribution in [0.25, 0.3) is 0 Å². The normalized spacial score (nSPS) is 17.1. The first-order chi connectivity index (χ1) is 10.7. The molecule has 1 heterocycles. The van der Waals surface area contributed by atoms with Gasteiger partial charge in [-0.05, 0) is 43.0 Å². The molecule has 1 unspecified atom stereocenters. The van der Waals surface area contributed by atoms with E-state index in [9.17, 15) is 4.79 Å². The van der Waals surface area contributed by atoms with E-state index in [0.717, 1.165) is 36.5 Å². The van der Waals surface area contributed by atoms with E-state index in [2.05, 4.69) is 10.6 Å². The maximum Gasteiger partial charge on any atom is 0.314 e. The van der Waals surface area contributed by atoms with Gasteiger partial charge in [0.2, 0.25) is 0 Å².